The normalized spacial score (nSPS) is 28.9. The van der Waals surface area contributed by atoms with E-state index < -0.39 is 0 Å². The van der Waals surface area contributed by atoms with Crippen LogP contribution in [0.5, 0.6) is 0 Å². The number of esters is 1. The molecule has 2 saturated carbocycles. The quantitative estimate of drug-likeness (QED) is 0.272. The lowest BCUT2D eigenvalue weighted by atomic mass is 9.69. The number of hydrogen-bond acceptors (Lipinski definition) is 3. The minimum Gasteiger partial charge on any atom is -0.462 e. The van der Waals surface area contributed by atoms with Crippen molar-refractivity contribution in [3.05, 3.63) is 12.2 Å². The Bertz CT molecular complexity index is 443. The van der Waals surface area contributed by atoms with Crippen molar-refractivity contribution >= 4 is 5.97 Å². The highest BCUT2D eigenvalue weighted by Gasteiger charge is 2.31. The van der Waals surface area contributed by atoms with Crippen LogP contribution in [0.3, 0.4) is 0 Å². The molecule has 0 amide bonds. The molecule has 0 aromatic rings. The van der Waals surface area contributed by atoms with E-state index in [0.717, 1.165) is 17.8 Å². The molecule has 3 heteroatoms. The second-order valence-electron chi connectivity index (χ2n) is 9.50. The standard InChI is InChI=1S/C24H43NO2/c1-5-6-7-8-20-9-13-22(14-10-20)23-15-11-21(12-16-23)18-27-24(26)19(2)17-25(3)4/h20-23H,2,5-18H2,1,3-4H3. The number of hydrogen-bond donors (Lipinski definition) is 0. The van der Waals surface area contributed by atoms with Crippen LogP contribution in [-0.4, -0.2) is 38.1 Å². The van der Waals surface area contributed by atoms with Crippen LogP contribution >= 0.6 is 0 Å². The second kappa shape index (κ2) is 11.9. The maximum atomic E-state index is 12.0. The Morgan fingerprint density at radius 3 is 2.00 bits per heavy atom. The van der Waals surface area contributed by atoms with Gasteiger partial charge < -0.3 is 9.64 Å². The van der Waals surface area contributed by atoms with Gasteiger partial charge in [0.05, 0.1) is 6.61 Å². The zero-order valence-corrected chi connectivity index (χ0v) is 18.2. The number of unbranched alkanes of at least 4 members (excludes halogenated alkanes) is 2. The first-order chi connectivity index (χ1) is 13.0. The zero-order chi connectivity index (χ0) is 19.6. The molecule has 3 nitrogen and oxygen atoms in total. The predicted octanol–water partition coefficient (Wildman–Crippen LogP) is 5.84. The van der Waals surface area contributed by atoms with E-state index in [1.165, 1.54) is 77.0 Å². The first-order valence-electron chi connectivity index (χ1n) is 11.5. The van der Waals surface area contributed by atoms with Crippen LogP contribution in [0.4, 0.5) is 0 Å². The van der Waals surface area contributed by atoms with Crippen molar-refractivity contribution < 1.29 is 9.53 Å². The number of carbonyl (C=O) groups is 1. The largest absolute Gasteiger partial charge is 0.462 e. The molecule has 2 aliphatic rings. The van der Waals surface area contributed by atoms with Crippen molar-refractivity contribution in [2.24, 2.45) is 23.7 Å². The molecule has 156 valence electrons. The van der Waals surface area contributed by atoms with Crippen molar-refractivity contribution in [3.63, 3.8) is 0 Å². The van der Waals surface area contributed by atoms with Gasteiger partial charge in [-0.2, -0.15) is 0 Å². The van der Waals surface area contributed by atoms with Crippen molar-refractivity contribution in [1.82, 2.24) is 4.90 Å². The number of rotatable bonds is 10. The number of likely N-dealkylation sites (N-methyl/N-ethyl adjacent to an activating group) is 1. The number of ether oxygens (including phenoxy) is 1. The van der Waals surface area contributed by atoms with E-state index >= 15 is 0 Å². The Kier molecular flexibility index (Phi) is 9.89. The average molecular weight is 378 g/mol. The second-order valence-corrected chi connectivity index (χ2v) is 9.50. The minimum absolute atomic E-state index is 0.216. The number of nitrogens with zero attached hydrogens (tertiary/aromatic N) is 1. The van der Waals surface area contributed by atoms with Crippen LogP contribution in [-0.2, 0) is 9.53 Å². The molecule has 0 bridgehead atoms. The molecular formula is C24H43NO2. The zero-order valence-electron chi connectivity index (χ0n) is 18.2. The van der Waals surface area contributed by atoms with Crippen molar-refractivity contribution in [2.75, 3.05) is 27.2 Å². The van der Waals surface area contributed by atoms with Gasteiger partial charge in [-0.3, -0.25) is 0 Å². The van der Waals surface area contributed by atoms with Gasteiger partial charge in [-0.15, -0.1) is 0 Å². The lowest BCUT2D eigenvalue weighted by Crippen LogP contribution is -2.28. The van der Waals surface area contributed by atoms with Gasteiger partial charge in [-0.25, -0.2) is 4.79 Å². The Hall–Kier alpha value is -0.830. The highest BCUT2D eigenvalue weighted by Crippen LogP contribution is 2.42. The smallest absolute Gasteiger partial charge is 0.334 e. The van der Waals surface area contributed by atoms with Gasteiger partial charge in [-0.1, -0.05) is 52.0 Å². The van der Waals surface area contributed by atoms with E-state index in [4.69, 9.17) is 4.74 Å². The molecule has 0 aromatic heterocycles. The van der Waals surface area contributed by atoms with Crippen LogP contribution in [0.2, 0.25) is 0 Å². The van der Waals surface area contributed by atoms with E-state index in [1.807, 2.05) is 19.0 Å². The highest BCUT2D eigenvalue weighted by atomic mass is 16.5. The molecule has 27 heavy (non-hydrogen) atoms. The van der Waals surface area contributed by atoms with Crippen LogP contribution in [0.15, 0.2) is 12.2 Å². The van der Waals surface area contributed by atoms with E-state index in [2.05, 4.69) is 13.5 Å². The molecule has 0 aromatic carbocycles. The number of carbonyl (C=O) groups excluding carboxylic acids is 1. The van der Waals surface area contributed by atoms with E-state index in [1.54, 1.807) is 0 Å². The Morgan fingerprint density at radius 2 is 1.48 bits per heavy atom. The van der Waals surface area contributed by atoms with Crippen molar-refractivity contribution in [1.29, 1.82) is 0 Å². The molecule has 0 heterocycles. The SMILES string of the molecule is C=C(CN(C)C)C(=O)OCC1CCC(C2CCC(CCCCC)CC2)CC1. The molecule has 0 spiro atoms. The van der Waals surface area contributed by atoms with Gasteiger partial charge in [0.25, 0.3) is 0 Å². The van der Waals surface area contributed by atoms with E-state index in [9.17, 15) is 4.79 Å². The van der Waals surface area contributed by atoms with Gasteiger partial charge in [0, 0.05) is 12.1 Å². The molecular weight excluding hydrogens is 334 g/mol. The predicted molar refractivity (Wildman–Crippen MR) is 114 cm³/mol. The Labute approximate surface area is 167 Å². The summed E-state index contributed by atoms with van der Waals surface area (Å²) in [6.07, 6.45) is 16.7. The van der Waals surface area contributed by atoms with Crippen LogP contribution in [0.25, 0.3) is 0 Å². The maximum Gasteiger partial charge on any atom is 0.334 e. The minimum atomic E-state index is -0.216. The molecule has 0 unspecified atom stereocenters. The average Bonchev–Trinajstić information content (AvgIpc) is 2.67. The first kappa shape index (κ1) is 22.5. The third-order valence-corrected chi connectivity index (χ3v) is 6.91. The van der Waals surface area contributed by atoms with Crippen molar-refractivity contribution in [2.45, 2.75) is 84.0 Å². The van der Waals surface area contributed by atoms with Gasteiger partial charge in [0.15, 0.2) is 0 Å². The van der Waals surface area contributed by atoms with Gasteiger partial charge in [-0.05, 0) is 76.3 Å². The van der Waals surface area contributed by atoms with E-state index in [0.29, 0.717) is 24.6 Å². The first-order valence-corrected chi connectivity index (χ1v) is 11.5. The third-order valence-electron chi connectivity index (χ3n) is 6.91. The summed E-state index contributed by atoms with van der Waals surface area (Å²) >= 11 is 0. The molecule has 0 aliphatic heterocycles. The molecule has 0 atom stereocenters. The maximum absolute atomic E-state index is 12.0. The summed E-state index contributed by atoms with van der Waals surface area (Å²) in [6.45, 7) is 7.31. The summed E-state index contributed by atoms with van der Waals surface area (Å²) in [7, 11) is 3.89. The Balaban J connectivity index is 1.60. The fraction of sp³-hybridized carbons (Fsp3) is 0.875. The van der Waals surface area contributed by atoms with Crippen LogP contribution < -0.4 is 0 Å². The monoisotopic (exact) mass is 377 g/mol. The highest BCUT2D eigenvalue weighted by molar-refractivity contribution is 5.88. The summed E-state index contributed by atoms with van der Waals surface area (Å²) in [5.41, 5.74) is 0.560. The lowest BCUT2D eigenvalue weighted by molar-refractivity contribution is -0.141. The summed E-state index contributed by atoms with van der Waals surface area (Å²) in [6, 6.07) is 0. The summed E-state index contributed by atoms with van der Waals surface area (Å²) < 4.78 is 5.52. The van der Waals surface area contributed by atoms with Crippen molar-refractivity contribution in [3.8, 4) is 0 Å². The fourth-order valence-electron chi connectivity index (χ4n) is 5.20. The summed E-state index contributed by atoms with van der Waals surface area (Å²) in [5.74, 6) is 3.25. The Morgan fingerprint density at radius 1 is 0.926 bits per heavy atom. The van der Waals surface area contributed by atoms with Gasteiger partial charge >= 0.3 is 5.97 Å². The topological polar surface area (TPSA) is 29.5 Å². The van der Waals surface area contributed by atoms with E-state index in [-0.39, 0.29) is 5.97 Å². The van der Waals surface area contributed by atoms with Gasteiger partial charge in [0.1, 0.15) is 0 Å². The summed E-state index contributed by atoms with van der Waals surface area (Å²) in [5, 5.41) is 0. The van der Waals surface area contributed by atoms with Gasteiger partial charge in [0.2, 0.25) is 0 Å². The lowest BCUT2D eigenvalue weighted by Gasteiger charge is -2.37. The van der Waals surface area contributed by atoms with Crippen LogP contribution in [0.1, 0.15) is 84.0 Å². The van der Waals surface area contributed by atoms with Crippen LogP contribution in [0, 0.1) is 23.7 Å². The fourth-order valence-corrected chi connectivity index (χ4v) is 5.20. The molecule has 2 aliphatic carbocycles. The molecule has 0 N–H and O–H groups in total. The molecule has 0 saturated heterocycles. The molecule has 2 rings (SSSR count). The summed E-state index contributed by atoms with van der Waals surface area (Å²) in [4.78, 5) is 14.0. The molecule has 2 fully saturated rings. The molecule has 0 radical (unpaired) electrons. The third kappa shape index (κ3) is 7.97.